The van der Waals surface area contributed by atoms with Crippen LogP contribution >= 0.6 is 23.2 Å². The number of hydrogen-bond donors (Lipinski definition) is 5. The maximum absolute atomic E-state index is 13.1. The highest BCUT2D eigenvalue weighted by Gasteiger charge is 2.48. The summed E-state index contributed by atoms with van der Waals surface area (Å²) in [6, 6.07) is 10.6. The monoisotopic (exact) mass is 475 g/mol. The van der Waals surface area contributed by atoms with Gasteiger partial charge in [-0.25, -0.2) is 0 Å². The average molecular weight is 476 g/mol. The van der Waals surface area contributed by atoms with Crippen molar-refractivity contribution < 1.29 is 14.4 Å². The lowest BCUT2D eigenvalue weighted by atomic mass is 9.81. The molecule has 0 radical (unpaired) electrons. The third-order valence-electron chi connectivity index (χ3n) is 5.66. The van der Waals surface area contributed by atoms with Gasteiger partial charge in [0.2, 0.25) is 17.7 Å². The Morgan fingerprint density at radius 3 is 2.50 bits per heavy atom. The molecule has 4 rings (SSSR count). The summed E-state index contributed by atoms with van der Waals surface area (Å²) in [5.74, 6) is -2.61. The van der Waals surface area contributed by atoms with Crippen LogP contribution < -0.4 is 26.6 Å². The highest BCUT2D eigenvalue weighted by Crippen LogP contribution is 2.30. The lowest BCUT2D eigenvalue weighted by molar-refractivity contribution is -0.144. The molecule has 4 atom stereocenters. The fourth-order valence-corrected chi connectivity index (χ4v) is 4.56. The van der Waals surface area contributed by atoms with E-state index in [4.69, 9.17) is 23.2 Å². The van der Waals surface area contributed by atoms with Crippen LogP contribution in [0.2, 0.25) is 10.0 Å². The van der Waals surface area contributed by atoms with Crippen molar-refractivity contribution in [3.05, 3.63) is 57.6 Å². The van der Waals surface area contributed by atoms with Crippen LogP contribution in [0.3, 0.4) is 0 Å². The average Bonchev–Trinajstić information content (AvgIpc) is 2.71. The molecule has 2 aromatic rings. The van der Waals surface area contributed by atoms with E-state index in [1.165, 1.54) is 0 Å². The molecule has 0 spiro atoms. The predicted molar refractivity (Wildman–Crippen MR) is 123 cm³/mol. The third kappa shape index (κ3) is 4.67. The zero-order valence-corrected chi connectivity index (χ0v) is 19.0. The molecule has 2 saturated heterocycles. The van der Waals surface area contributed by atoms with Crippen LogP contribution in [0.25, 0.3) is 0 Å². The summed E-state index contributed by atoms with van der Waals surface area (Å²) in [5.41, 5.74) is 3.20. The zero-order valence-electron chi connectivity index (χ0n) is 17.5. The van der Waals surface area contributed by atoms with Crippen molar-refractivity contribution in [3.8, 4) is 0 Å². The van der Waals surface area contributed by atoms with Gasteiger partial charge in [0.25, 0.3) is 0 Å². The molecule has 2 aromatic carbocycles. The van der Waals surface area contributed by atoms with Crippen molar-refractivity contribution in [1.29, 1.82) is 0 Å². The van der Waals surface area contributed by atoms with Crippen LogP contribution in [0.1, 0.15) is 17.5 Å². The van der Waals surface area contributed by atoms with Crippen LogP contribution in [0, 0.1) is 25.7 Å². The second kappa shape index (κ2) is 8.97. The number of carbonyl (C=O) groups excluding carboxylic acids is 3. The van der Waals surface area contributed by atoms with E-state index in [0.717, 1.165) is 11.1 Å². The first-order chi connectivity index (χ1) is 15.2. The number of benzene rings is 2. The number of aryl methyl sites for hydroxylation is 2. The molecule has 2 fully saturated rings. The van der Waals surface area contributed by atoms with Gasteiger partial charge in [0.05, 0.1) is 28.7 Å². The van der Waals surface area contributed by atoms with Crippen LogP contribution in [0.5, 0.6) is 0 Å². The Kier molecular flexibility index (Phi) is 6.28. The minimum Gasteiger partial charge on any atom is -0.352 e. The molecule has 2 heterocycles. The van der Waals surface area contributed by atoms with Crippen LogP contribution in [0.4, 0.5) is 11.4 Å². The van der Waals surface area contributed by atoms with Crippen molar-refractivity contribution >= 4 is 52.3 Å². The minimum atomic E-state index is -0.818. The highest BCUT2D eigenvalue weighted by molar-refractivity contribution is 6.36. The van der Waals surface area contributed by atoms with Gasteiger partial charge in [-0.1, -0.05) is 40.9 Å². The molecular weight excluding hydrogens is 453 g/mol. The summed E-state index contributed by atoms with van der Waals surface area (Å²) >= 11 is 12.1. The van der Waals surface area contributed by atoms with E-state index in [0.29, 0.717) is 21.4 Å². The fraction of sp³-hybridized carbons (Fsp3) is 0.318. The quantitative estimate of drug-likeness (QED) is 0.466. The zero-order chi connectivity index (χ0) is 23.0. The number of piperidine rings is 1. The molecule has 168 valence electrons. The Balaban J connectivity index is 1.50. The first-order valence-electron chi connectivity index (χ1n) is 10.2. The number of carbonyl (C=O) groups is 3. The van der Waals surface area contributed by atoms with E-state index < -0.39 is 24.3 Å². The highest BCUT2D eigenvalue weighted by atomic mass is 35.5. The standard InChI is InChI=1S/C22H23Cl2N5O3/c1-10-3-5-15(11(2)7-10)25-20(31)13-9-17(30)27-19-18(13)21(32)29-22(28-19)26-16-6-4-12(23)8-14(16)24/h3-8,13,18-19,22,26,28H,9H2,1-2H3,(H,25,31)(H,27,30)(H,29,32). The summed E-state index contributed by atoms with van der Waals surface area (Å²) < 4.78 is 0. The van der Waals surface area contributed by atoms with Crippen molar-refractivity contribution in [2.75, 3.05) is 10.6 Å². The lowest BCUT2D eigenvalue weighted by Gasteiger charge is -2.43. The van der Waals surface area contributed by atoms with Gasteiger partial charge >= 0.3 is 0 Å². The Hall–Kier alpha value is -2.81. The SMILES string of the molecule is Cc1ccc(NC(=O)C2CC(=O)NC3NC(Nc4ccc(Cl)cc4Cl)NC(=O)C32)c(C)c1. The van der Waals surface area contributed by atoms with E-state index in [-0.39, 0.29) is 24.1 Å². The maximum atomic E-state index is 13.1. The molecule has 0 aliphatic carbocycles. The Labute approximate surface area is 195 Å². The Morgan fingerprint density at radius 2 is 1.78 bits per heavy atom. The van der Waals surface area contributed by atoms with E-state index in [9.17, 15) is 14.4 Å². The van der Waals surface area contributed by atoms with E-state index in [1.807, 2.05) is 32.0 Å². The molecule has 2 aliphatic heterocycles. The molecule has 10 heteroatoms. The van der Waals surface area contributed by atoms with Crippen LogP contribution in [-0.2, 0) is 14.4 Å². The van der Waals surface area contributed by atoms with Crippen LogP contribution in [0.15, 0.2) is 36.4 Å². The molecule has 0 saturated carbocycles. The molecule has 2 aliphatic rings. The third-order valence-corrected chi connectivity index (χ3v) is 6.21. The topological polar surface area (TPSA) is 111 Å². The predicted octanol–water partition coefficient (Wildman–Crippen LogP) is 2.74. The number of halogens is 2. The first kappa shape index (κ1) is 22.4. The molecule has 8 nitrogen and oxygen atoms in total. The second-order valence-electron chi connectivity index (χ2n) is 8.07. The van der Waals surface area contributed by atoms with Crippen molar-refractivity contribution in [3.63, 3.8) is 0 Å². The van der Waals surface area contributed by atoms with Gasteiger partial charge in [-0.15, -0.1) is 0 Å². The van der Waals surface area contributed by atoms with Crippen molar-refractivity contribution in [1.82, 2.24) is 16.0 Å². The van der Waals surface area contributed by atoms with Crippen molar-refractivity contribution in [2.45, 2.75) is 32.7 Å². The molecule has 3 amide bonds. The number of anilines is 2. The summed E-state index contributed by atoms with van der Waals surface area (Å²) in [5, 5.41) is 15.5. The van der Waals surface area contributed by atoms with Gasteiger partial charge in [0.15, 0.2) is 6.29 Å². The molecule has 5 N–H and O–H groups in total. The van der Waals surface area contributed by atoms with Gasteiger partial charge in [0.1, 0.15) is 0 Å². The largest absolute Gasteiger partial charge is 0.352 e. The smallest absolute Gasteiger partial charge is 0.229 e. The fourth-order valence-electron chi connectivity index (χ4n) is 4.10. The normalized spacial score (nSPS) is 24.8. The Morgan fingerprint density at radius 1 is 1.03 bits per heavy atom. The lowest BCUT2D eigenvalue weighted by Crippen LogP contribution is -2.72. The number of hydrogen-bond acceptors (Lipinski definition) is 5. The minimum absolute atomic E-state index is 0.0753. The second-order valence-corrected chi connectivity index (χ2v) is 8.91. The van der Waals surface area contributed by atoms with Gasteiger partial charge in [0, 0.05) is 17.1 Å². The van der Waals surface area contributed by atoms with Gasteiger partial charge in [-0.3, -0.25) is 19.7 Å². The van der Waals surface area contributed by atoms with Gasteiger partial charge < -0.3 is 21.3 Å². The molecule has 32 heavy (non-hydrogen) atoms. The molecular formula is C22H23Cl2N5O3. The number of nitrogens with one attached hydrogen (secondary N) is 5. The van der Waals surface area contributed by atoms with Crippen molar-refractivity contribution in [2.24, 2.45) is 11.8 Å². The number of fused-ring (bicyclic) bond motifs is 1. The first-order valence-corrected chi connectivity index (χ1v) is 10.9. The molecule has 0 bridgehead atoms. The van der Waals surface area contributed by atoms with Gasteiger partial charge in [-0.05, 0) is 43.7 Å². The summed E-state index contributed by atoms with van der Waals surface area (Å²) in [6.45, 7) is 3.86. The molecule has 0 aromatic heterocycles. The molecule has 4 unspecified atom stereocenters. The number of amides is 3. The van der Waals surface area contributed by atoms with E-state index in [2.05, 4.69) is 26.6 Å². The Bertz CT molecular complexity index is 1090. The summed E-state index contributed by atoms with van der Waals surface area (Å²) in [6.07, 6.45) is -1.50. The van der Waals surface area contributed by atoms with E-state index >= 15 is 0 Å². The van der Waals surface area contributed by atoms with E-state index in [1.54, 1.807) is 18.2 Å². The summed E-state index contributed by atoms with van der Waals surface area (Å²) in [4.78, 5) is 38.4. The van der Waals surface area contributed by atoms with Crippen LogP contribution in [-0.4, -0.2) is 30.2 Å². The van der Waals surface area contributed by atoms with Gasteiger partial charge in [-0.2, -0.15) is 0 Å². The summed E-state index contributed by atoms with van der Waals surface area (Å²) in [7, 11) is 0. The maximum Gasteiger partial charge on any atom is 0.229 e. The number of rotatable bonds is 4.